The third kappa shape index (κ3) is 7.27. The fourth-order valence-corrected chi connectivity index (χ4v) is 6.62. The lowest BCUT2D eigenvalue weighted by atomic mass is 9.77. The van der Waals surface area contributed by atoms with Gasteiger partial charge < -0.3 is 25.8 Å². The fourth-order valence-electron chi connectivity index (χ4n) is 6.62. The van der Waals surface area contributed by atoms with Crippen molar-refractivity contribution in [3.63, 3.8) is 0 Å². The molecule has 9 nitrogen and oxygen atoms in total. The summed E-state index contributed by atoms with van der Waals surface area (Å²) in [6, 6.07) is 42.8. The summed E-state index contributed by atoms with van der Waals surface area (Å²) in [5.41, 5.74) is 5.59. The van der Waals surface area contributed by atoms with Gasteiger partial charge in [0.25, 0.3) is 0 Å². The van der Waals surface area contributed by atoms with Crippen LogP contribution in [0.2, 0.25) is 0 Å². The van der Waals surface area contributed by atoms with Crippen molar-refractivity contribution in [1.82, 2.24) is 16.0 Å². The first kappa shape index (κ1) is 33.7. The van der Waals surface area contributed by atoms with Crippen molar-refractivity contribution >= 4 is 23.9 Å². The lowest BCUT2D eigenvalue weighted by Gasteiger charge is -2.37. The summed E-state index contributed by atoms with van der Waals surface area (Å²) >= 11 is 0. The first-order valence-electron chi connectivity index (χ1n) is 16.5. The van der Waals surface area contributed by atoms with Crippen molar-refractivity contribution in [2.75, 3.05) is 13.2 Å². The zero-order valence-corrected chi connectivity index (χ0v) is 27.3. The number of alkyl carbamates (subject to hydrolysis) is 1. The molecule has 0 heterocycles. The predicted molar refractivity (Wildman–Crippen MR) is 189 cm³/mol. The fraction of sp³-hybridized carbons (Fsp3) is 0.171. The average Bonchev–Trinajstić information content (AvgIpc) is 3.47. The summed E-state index contributed by atoms with van der Waals surface area (Å²) in [6.07, 6.45) is -1.42. The van der Waals surface area contributed by atoms with E-state index in [9.17, 15) is 24.3 Å². The average molecular weight is 668 g/mol. The van der Waals surface area contributed by atoms with Gasteiger partial charge in [0.1, 0.15) is 18.2 Å². The molecule has 1 aliphatic carbocycles. The van der Waals surface area contributed by atoms with Crippen molar-refractivity contribution in [3.05, 3.63) is 167 Å². The summed E-state index contributed by atoms with van der Waals surface area (Å²) in [5, 5.41) is 18.1. The second-order valence-electron chi connectivity index (χ2n) is 12.1. The molecule has 0 radical (unpaired) electrons. The number of rotatable bonds is 13. The number of hydrogen-bond acceptors (Lipinski definition) is 5. The lowest BCUT2D eigenvalue weighted by molar-refractivity contribution is -0.143. The molecule has 9 heteroatoms. The van der Waals surface area contributed by atoms with Crippen LogP contribution in [0.4, 0.5) is 4.79 Å². The van der Waals surface area contributed by atoms with Crippen molar-refractivity contribution < 1.29 is 29.0 Å². The van der Waals surface area contributed by atoms with Gasteiger partial charge in [-0.25, -0.2) is 9.59 Å². The molecular weight excluding hydrogens is 630 g/mol. The van der Waals surface area contributed by atoms with E-state index in [0.717, 1.165) is 38.9 Å². The number of carbonyl (C=O) groups is 4. The molecule has 3 amide bonds. The van der Waals surface area contributed by atoms with Crippen LogP contribution in [0.5, 0.6) is 0 Å². The van der Waals surface area contributed by atoms with E-state index < -0.39 is 41.9 Å². The Labute approximate surface area is 290 Å². The van der Waals surface area contributed by atoms with Gasteiger partial charge in [0, 0.05) is 18.9 Å². The molecule has 1 aliphatic rings. The van der Waals surface area contributed by atoms with Gasteiger partial charge in [0.2, 0.25) is 11.8 Å². The number of benzene rings is 5. The normalized spacial score (nSPS) is 12.6. The molecule has 0 aromatic heterocycles. The van der Waals surface area contributed by atoms with Crippen LogP contribution in [0.3, 0.4) is 0 Å². The molecule has 5 aromatic rings. The van der Waals surface area contributed by atoms with Gasteiger partial charge in [-0.05, 0) is 38.9 Å². The smallest absolute Gasteiger partial charge is 0.407 e. The molecule has 0 aliphatic heterocycles. The Hall–Kier alpha value is -6.22. The molecular formula is C41H37N3O6. The summed E-state index contributed by atoms with van der Waals surface area (Å²) in [4.78, 5) is 51.3. The molecule has 0 saturated heterocycles. The number of carboxylic acids is 1. The minimum Gasteiger partial charge on any atom is -0.480 e. The van der Waals surface area contributed by atoms with Crippen LogP contribution in [0, 0.1) is 0 Å². The number of carboxylic acid groups (broad SMARTS) is 1. The second-order valence-corrected chi connectivity index (χ2v) is 12.1. The molecule has 6 rings (SSSR count). The highest BCUT2D eigenvalue weighted by Gasteiger charge is 2.39. The zero-order valence-electron chi connectivity index (χ0n) is 27.3. The summed E-state index contributed by atoms with van der Waals surface area (Å²) in [5.74, 6) is -2.68. The summed E-state index contributed by atoms with van der Waals surface area (Å²) < 4.78 is 5.52. The van der Waals surface area contributed by atoms with Crippen LogP contribution in [0.15, 0.2) is 140 Å². The minimum atomic E-state index is -1.50. The maximum atomic E-state index is 13.7. The number of carbonyl (C=O) groups excluding carboxylic acids is 3. The lowest BCUT2D eigenvalue weighted by Crippen LogP contribution is -2.51. The topological polar surface area (TPSA) is 134 Å². The first-order valence-corrected chi connectivity index (χ1v) is 16.5. The maximum absolute atomic E-state index is 13.7. The molecule has 0 spiro atoms. The summed E-state index contributed by atoms with van der Waals surface area (Å²) in [6.45, 7) is 0.0405. The van der Waals surface area contributed by atoms with Gasteiger partial charge in [-0.2, -0.15) is 0 Å². The molecule has 1 atom stereocenters. The van der Waals surface area contributed by atoms with Crippen LogP contribution in [0.25, 0.3) is 11.1 Å². The molecule has 0 unspecified atom stereocenters. The minimum absolute atomic E-state index is 0.0832. The Morgan fingerprint density at radius 3 is 1.58 bits per heavy atom. The highest BCUT2D eigenvalue weighted by atomic mass is 16.5. The Bertz CT molecular complexity index is 1820. The third-order valence-electron chi connectivity index (χ3n) is 8.94. The number of ether oxygens (including phenoxy) is 1. The van der Waals surface area contributed by atoms with Crippen molar-refractivity contribution in [2.45, 2.75) is 30.3 Å². The number of hydrogen-bond donors (Lipinski definition) is 4. The van der Waals surface area contributed by atoms with E-state index in [4.69, 9.17) is 4.74 Å². The first-order chi connectivity index (χ1) is 24.4. The highest BCUT2D eigenvalue weighted by Crippen LogP contribution is 2.44. The third-order valence-corrected chi connectivity index (χ3v) is 8.94. The number of amides is 3. The molecule has 0 fully saturated rings. The van der Waals surface area contributed by atoms with E-state index in [1.165, 1.54) is 0 Å². The van der Waals surface area contributed by atoms with Crippen LogP contribution in [-0.2, 0) is 24.7 Å². The van der Waals surface area contributed by atoms with Gasteiger partial charge in [0.05, 0.1) is 6.42 Å². The van der Waals surface area contributed by atoms with Crippen molar-refractivity contribution in [3.8, 4) is 11.1 Å². The maximum Gasteiger partial charge on any atom is 0.407 e. The SMILES string of the molecule is O=C(CCNC(=O)OCC1c2ccccc2-c2ccccc21)N[C@@H](CC(=O)NC(c1ccccc1)(c1ccccc1)c1ccccc1)C(=O)O. The zero-order chi connectivity index (χ0) is 34.9. The van der Waals surface area contributed by atoms with Crippen LogP contribution >= 0.6 is 0 Å². The van der Waals surface area contributed by atoms with Gasteiger partial charge in [-0.1, -0.05) is 140 Å². The van der Waals surface area contributed by atoms with E-state index >= 15 is 0 Å². The highest BCUT2D eigenvalue weighted by molar-refractivity contribution is 5.89. The Morgan fingerprint density at radius 2 is 1.10 bits per heavy atom. The number of aliphatic carboxylic acids is 1. The molecule has 252 valence electrons. The standard InChI is InChI=1S/C41H37N3O6/c45-37(24-25-42-40(49)50-27-35-33-22-12-10-20-31(33)32-21-11-13-23-34(32)35)43-36(39(47)48)26-38(46)44-41(28-14-4-1-5-15-28,29-16-6-2-7-17-29)30-18-8-3-9-19-30/h1-23,35-36H,24-27H2,(H,42,49)(H,43,45)(H,44,46)(H,47,48)/t36-/m0/s1. The van der Waals surface area contributed by atoms with Crippen molar-refractivity contribution in [1.29, 1.82) is 0 Å². The van der Waals surface area contributed by atoms with E-state index in [1.54, 1.807) is 0 Å². The van der Waals surface area contributed by atoms with Gasteiger partial charge in [-0.3, -0.25) is 9.59 Å². The molecule has 0 bridgehead atoms. The quantitative estimate of drug-likeness (QED) is 0.114. The van der Waals surface area contributed by atoms with Gasteiger partial charge in [-0.15, -0.1) is 0 Å². The predicted octanol–water partition coefficient (Wildman–Crippen LogP) is 5.98. The Balaban J connectivity index is 1.06. The van der Waals surface area contributed by atoms with E-state index in [1.807, 2.05) is 140 Å². The van der Waals surface area contributed by atoms with E-state index in [0.29, 0.717) is 0 Å². The van der Waals surface area contributed by atoms with Crippen LogP contribution in [-0.4, -0.2) is 48.2 Å². The van der Waals surface area contributed by atoms with Crippen molar-refractivity contribution in [2.24, 2.45) is 0 Å². The number of nitrogens with one attached hydrogen (secondary N) is 3. The molecule has 4 N–H and O–H groups in total. The molecule has 50 heavy (non-hydrogen) atoms. The van der Waals surface area contributed by atoms with Crippen LogP contribution < -0.4 is 16.0 Å². The monoisotopic (exact) mass is 667 g/mol. The Kier molecular flexibility index (Phi) is 10.3. The van der Waals surface area contributed by atoms with E-state index in [-0.39, 0.29) is 25.5 Å². The molecule has 5 aromatic carbocycles. The van der Waals surface area contributed by atoms with Gasteiger partial charge in [0.15, 0.2) is 0 Å². The second kappa shape index (κ2) is 15.3. The summed E-state index contributed by atoms with van der Waals surface area (Å²) in [7, 11) is 0. The van der Waals surface area contributed by atoms with Crippen LogP contribution in [0.1, 0.15) is 46.6 Å². The largest absolute Gasteiger partial charge is 0.480 e. The number of fused-ring (bicyclic) bond motifs is 3. The van der Waals surface area contributed by atoms with Gasteiger partial charge >= 0.3 is 12.1 Å². The Morgan fingerprint density at radius 1 is 0.640 bits per heavy atom. The van der Waals surface area contributed by atoms with E-state index in [2.05, 4.69) is 16.0 Å². The molecule has 0 saturated carbocycles.